The van der Waals surface area contributed by atoms with Gasteiger partial charge in [-0.25, -0.2) is 0 Å². The number of ether oxygens (including phenoxy) is 1. The van der Waals surface area contributed by atoms with E-state index < -0.39 is 0 Å². The zero-order valence-corrected chi connectivity index (χ0v) is 12.6. The summed E-state index contributed by atoms with van der Waals surface area (Å²) in [5.41, 5.74) is 1.68. The smallest absolute Gasteiger partial charge is 0.185 e. The lowest BCUT2D eigenvalue weighted by Crippen LogP contribution is -1.94. The van der Waals surface area contributed by atoms with Crippen molar-refractivity contribution in [3.05, 3.63) is 69.3 Å². The van der Waals surface area contributed by atoms with Crippen molar-refractivity contribution in [3.63, 3.8) is 0 Å². The SMILES string of the molecule is COc1ccc(C=CC(=O)c2cccc(I)c2)cc1. The second-order valence-electron chi connectivity index (χ2n) is 3.98. The Morgan fingerprint density at radius 1 is 1.16 bits per heavy atom. The van der Waals surface area contributed by atoms with E-state index in [1.54, 1.807) is 13.2 Å². The van der Waals surface area contributed by atoms with Crippen molar-refractivity contribution >= 4 is 34.5 Å². The molecule has 0 saturated heterocycles. The van der Waals surface area contributed by atoms with Crippen LogP contribution in [0.15, 0.2) is 54.6 Å². The summed E-state index contributed by atoms with van der Waals surface area (Å²) in [5, 5.41) is 0. The number of allylic oxidation sites excluding steroid dienone is 1. The molecular weight excluding hydrogens is 351 g/mol. The summed E-state index contributed by atoms with van der Waals surface area (Å²) >= 11 is 2.20. The number of methoxy groups -OCH3 is 1. The fraction of sp³-hybridized carbons (Fsp3) is 0.0625. The van der Waals surface area contributed by atoms with Crippen LogP contribution in [-0.4, -0.2) is 12.9 Å². The van der Waals surface area contributed by atoms with Crippen LogP contribution in [-0.2, 0) is 0 Å². The molecule has 0 heterocycles. The molecule has 0 fully saturated rings. The van der Waals surface area contributed by atoms with Gasteiger partial charge in [0, 0.05) is 9.13 Å². The van der Waals surface area contributed by atoms with Gasteiger partial charge in [-0.1, -0.05) is 30.3 Å². The highest BCUT2D eigenvalue weighted by Crippen LogP contribution is 2.13. The van der Waals surface area contributed by atoms with E-state index in [1.807, 2.05) is 54.6 Å². The predicted molar refractivity (Wildman–Crippen MR) is 85.5 cm³/mol. The Morgan fingerprint density at radius 2 is 1.89 bits per heavy atom. The van der Waals surface area contributed by atoms with Gasteiger partial charge in [0.25, 0.3) is 0 Å². The van der Waals surface area contributed by atoms with Crippen molar-refractivity contribution in [2.75, 3.05) is 7.11 Å². The van der Waals surface area contributed by atoms with Crippen molar-refractivity contribution in [1.82, 2.24) is 0 Å². The first kappa shape index (κ1) is 13.8. The highest BCUT2D eigenvalue weighted by Gasteiger charge is 2.01. The monoisotopic (exact) mass is 364 g/mol. The zero-order valence-electron chi connectivity index (χ0n) is 10.5. The number of hydrogen-bond acceptors (Lipinski definition) is 2. The van der Waals surface area contributed by atoms with Gasteiger partial charge in [0.2, 0.25) is 0 Å². The molecule has 96 valence electrons. The number of carbonyl (C=O) groups is 1. The Labute approximate surface area is 126 Å². The summed E-state index contributed by atoms with van der Waals surface area (Å²) < 4.78 is 6.14. The Kier molecular flexibility index (Phi) is 4.74. The summed E-state index contributed by atoms with van der Waals surface area (Å²) in [6.07, 6.45) is 3.40. The molecule has 2 aromatic carbocycles. The molecule has 0 aliphatic heterocycles. The van der Waals surface area contributed by atoms with Gasteiger partial charge in [0.1, 0.15) is 5.75 Å². The van der Waals surface area contributed by atoms with Crippen molar-refractivity contribution in [3.8, 4) is 5.75 Å². The third-order valence-electron chi connectivity index (χ3n) is 2.65. The molecule has 0 bridgehead atoms. The van der Waals surface area contributed by atoms with Crippen LogP contribution in [0.1, 0.15) is 15.9 Å². The maximum atomic E-state index is 12.0. The molecule has 0 amide bonds. The Hall–Kier alpha value is -1.62. The molecule has 3 heteroatoms. The largest absolute Gasteiger partial charge is 0.497 e. The van der Waals surface area contributed by atoms with Crippen LogP contribution in [0, 0.1) is 3.57 Å². The van der Waals surface area contributed by atoms with Crippen LogP contribution in [0.2, 0.25) is 0 Å². The van der Waals surface area contributed by atoms with Gasteiger partial charge in [0.15, 0.2) is 5.78 Å². The Morgan fingerprint density at radius 3 is 2.53 bits per heavy atom. The van der Waals surface area contributed by atoms with Crippen LogP contribution < -0.4 is 4.74 Å². The first-order valence-electron chi connectivity index (χ1n) is 5.81. The maximum absolute atomic E-state index is 12.0. The van der Waals surface area contributed by atoms with Crippen molar-refractivity contribution in [1.29, 1.82) is 0 Å². The van der Waals surface area contributed by atoms with E-state index in [9.17, 15) is 4.79 Å². The van der Waals surface area contributed by atoms with Crippen LogP contribution >= 0.6 is 22.6 Å². The van der Waals surface area contributed by atoms with Gasteiger partial charge in [-0.3, -0.25) is 4.79 Å². The van der Waals surface area contributed by atoms with E-state index >= 15 is 0 Å². The zero-order chi connectivity index (χ0) is 13.7. The highest BCUT2D eigenvalue weighted by atomic mass is 127. The molecule has 19 heavy (non-hydrogen) atoms. The maximum Gasteiger partial charge on any atom is 0.185 e. The predicted octanol–water partition coefficient (Wildman–Crippen LogP) is 4.20. The normalized spacial score (nSPS) is 10.6. The van der Waals surface area contributed by atoms with Crippen LogP contribution in [0.3, 0.4) is 0 Å². The fourth-order valence-corrected chi connectivity index (χ4v) is 2.17. The quantitative estimate of drug-likeness (QED) is 0.462. The number of halogens is 1. The van der Waals surface area contributed by atoms with Crippen LogP contribution in [0.25, 0.3) is 6.08 Å². The highest BCUT2D eigenvalue weighted by molar-refractivity contribution is 14.1. The molecule has 0 aliphatic carbocycles. The van der Waals surface area contributed by atoms with Gasteiger partial charge in [-0.05, 0) is 58.5 Å². The average Bonchev–Trinajstić information content (AvgIpc) is 2.45. The summed E-state index contributed by atoms with van der Waals surface area (Å²) in [4.78, 5) is 12.0. The summed E-state index contributed by atoms with van der Waals surface area (Å²) in [5.74, 6) is 0.815. The number of hydrogen-bond donors (Lipinski definition) is 0. The summed E-state index contributed by atoms with van der Waals surface area (Å²) in [7, 11) is 1.63. The number of rotatable bonds is 4. The molecule has 0 atom stereocenters. The molecule has 0 spiro atoms. The fourth-order valence-electron chi connectivity index (χ4n) is 1.62. The van der Waals surface area contributed by atoms with E-state index in [2.05, 4.69) is 22.6 Å². The molecule has 0 aromatic heterocycles. The number of ketones is 1. The van der Waals surface area contributed by atoms with Crippen LogP contribution in [0.5, 0.6) is 5.75 Å². The molecule has 0 N–H and O–H groups in total. The molecule has 2 rings (SSSR count). The third kappa shape index (κ3) is 3.92. The lowest BCUT2D eigenvalue weighted by molar-refractivity contribution is 0.104. The second kappa shape index (κ2) is 6.52. The molecule has 0 saturated carbocycles. The average molecular weight is 364 g/mol. The lowest BCUT2D eigenvalue weighted by Gasteiger charge is -1.99. The van der Waals surface area contributed by atoms with Crippen molar-refractivity contribution in [2.45, 2.75) is 0 Å². The van der Waals surface area contributed by atoms with E-state index in [0.717, 1.165) is 14.9 Å². The lowest BCUT2D eigenvalue weighted by atomic mass is 10.1. The minimum atomic E-state index is 0.00864. The molecule has 2 aromatic rings. The van der Waals surface area contributed by atoms with Gasteiger partial charge in [-0.2, -0.15) is 0 Å². The van der Waals surface area contributed by atoms with Crippen molar-refractivity contribution in [2.24, 2.45) is 0 Å². The third-order valence-corrected chi connectivity index (χ3v) is 3.32. The Balaban J connectivity index is 2.11. The van der Waals surface area contributed by atoms with Gasteiger partial charge in [-0.15, -0.1) is 0 Å². The molecule has 0 radical (unpaired) electrons. The first-order valence-corrected chi connectivity index (χ1v) is 6.89. The molecule has 0 aliphatic rings. The number of benzene rings is 2. The van der Waals surface area contributed by atoms with Crippen LogP contribution in [0.4, 0.5) is 0 Å². The summed E-state index contributed by atoms with van der Waals surface area (Å²) in [6.45, 7) is 0. The van der Waals surface area contributed by atoms with E-state index in [4.69, 9.17) is 4.74 Å². The van der Waals surface area contributed by atoms with Gasteiger partial charge in [0.05, 0.1) is 7.11 Å². The first-order chi connectivity index (χ1) is 9.19. The van der Waals surface area contributed by atoms with Gasteiger partial charge < -0.3 is 4.74 Å². The van der Waals surface area contributed by atoms with Crippen molar-refractivity contribution < 1.29 is 9.53 Å². The molecule has 0 unspecified atom stereocenters. The van der Waals surface area contributed by atoms with E-state index in [0.29, 0.717) is 5.56 Å². The summed E-state index contributed by atoms with van der Waals surface area (Å²) in [6, 6.07) is 15.1. The molecular formula is C16H13IO2. The minimum Gasteiger partial charge on any atom is -0.497 e. The van der Waals surface area contributed by atoms with E-state index in [1.165, 1.54) is 0 Å². The number of carbonyl (C=O) groups excluding carboxylic acids is 1. The topological polar surface area (TPSA) is 26.3 Å². The minimum absolute atomic E-state index is 0.00864. The second-order valence-corrected chi connectivity index (χ2v) is 5.23. The Bertz CT molecular complexity index is 600. The molecule has 2 nitrogen and oxygen atoms in total. The van der Waals surface area contributed by atoms with Gasteiger partial charge >= 0.3 is 0 Å². The van der Waals surface area contributed by atoms with E-state index in [-0.39, 0.29) is 5.78 Å². The standard InChI is InChI=1S/C16H13IO2/c1-19-15-8-5-12(6-9-15)7-10-16(18)13-3-2-4-14(17)11-13/h2-11H,1H3.